The lowest BCUT2D eigenvalue weighted by Crippen LogP contribution is -2.56. The zero-order valence-corrected chi connectivity index (χ0v) is 12.7. The molecular weight excluding hydrogens is 302 g/mol. The van der Waals surface area contributed by atoms with Crippen LogP contribution in [0.15, 0.2) is 23.1 Å². The van der Waals surface area contributed by atoms with Gasteiger partial charge in [0.05, 0.1) is 11.7 Å². The van der Waals surface area contributed by atoms with Gasteiger partial charge in [-0.05, 0) is 32.0 Å². The van der Waals surface area contributed by atoms with Gasteiger partial charge in [-0.15, -0.1) is 0 Å². The molecule has 2 rings (SSSR count). The number of rotatable bonds is 3. The Hall–Kier alpha value is -1.09. The van der Waals surface area contributed by atoms with Crippen molar-refractivity contribution < 1.29 is 21.9 Å². The van der Waals surface area contributed by atoms with E-state index in [0.717, 1.165) is 16.4 Å². The number of benzene rings is 1. The zero-order chi connectivity index (χ0) is 15.8. The van der Waals surface area contributed by atoms with E-state index in [1.807, 2.05) is 0 Å². The Labute approximate surface area is 122 Å². The largest absolute Gasteiger partial charge is 0.368 e. The van der Waals surface area contributed by atoms with Crippen LogP contribution >= 0.6 is 0 Å². The summed E-state index contributed by atoms with van der Waals surface area (Å²) in [4.78, 5) is -0.670. The molecule has 1 saturated heterocycles. The Bertz CT molecular complexity index is 634. The van der Waals surface area contributed by atoms with Crippen LogP contribution in [0.1, 0.15) is 13.8 Å². The Morgan fingerprint density at radius 2 is 2.10 bits per heavy atom. The minimum Gasteiger partial charge on any atom is -0.368 e. The predicted octanol–water partition coefficient (Wildman–Crippen LogP) is 1.09. The topological polar surface area (TPSA) is 72.6 Å². The minimum absolute atomic E-state index is 0.0121. The molecule has 0 aromatic heterocycles. The van der Waals surface area contributed by atoms with Crippen molar-refractivity contribution >= 4 is 10.0 Å². The van der Waals surface area contributed by atoms with Crippen molar-refractivity contribution in [3.05, 3.63) is 29.8 Å². The number of nitrogens with zero attached hydrogens (tertiary/aromatic N) is 1. The molecule has 1 heterocycles. The highest BCUT2D eigenvalue weighted by Gasteiger charge is 2.39. The first-order valence-electron chi connectivity index (χ1n) is 6.49. The summed E-state index contributed by atoms with van der Waals surface area (Å²) < 4.78 is 58.8. The predicted molar refractivity (Wildman–Crippen MR) is 73.1 cm³/mol. The molecule has 2 N–H and O–H groups in total. The van der Waals surface area contributed by atoms with Crippen LogP contribution in [0, 0.1) is 11.6 Å². The van der Waals surface area contributed by atoms with Crippen LogP contribution in [0.25, 0.3) is 0 Å². The lowest BCUT2D eigenvalue weighted by Gasteiger charge is -2.41. The van der Waals surface area contributed by atoms with Crippen LogP contribution in [0.4, 0.5) is 8.78 Å². The molecule has 21 heavy (non-hydrogen) atoms. The Morgan fingerprint density at radius 1 is 1.43 bits per heavy atom. The molecule has 1 aliphatic heterocycles. The number of hydrogen-bond donors (Lipinski definition) is 1. The quantitative estimate of drug-likeness (QED) is 0.905. The summed E-state index contributed by atoms with van der Waals surface area (Å²) in [5.74, 6) is -1.79. The Morgan fingerprint density at radius 3 is 2.71 bits per heavy atom. The second-order valence-electron chi connectivity index (χ2n) is 5.61. The molecule has 1 aromatic carbocycles. The van der Waals surface area contributed by atoms with Crippen LogP contribution in [-0.4, -0.2) is 44.1 Å². The molecule has 0 radical (unpaired) electrons. The third kappa shape index (κ3) is 3.39. The first-order valence-corrected chi connectivity index (χ1v) is 7.93. The van der Waals surface area contributed by atoms with Gasteiger partial charge in [0.25, 0.3) is 0 Å². The number of halogens is 2. The summed E-state index contributed by atoms with van der Waals surface area (Å²) in [5.41, 5.74) is 4.79. The number of hydrogen-bond acceptors (Lipinski definition) is 4. The Kier molecular flexibility index (Phi) is 4.34. The Balaban J connectivity index is 2.41. The van der Waals surface area contributed by atoms with Gasteiger partial charge >= 0.3 is 0 Å². The van der Waals surface area contributed by atoms with Gasteiger partial charge in [-0.1, -0.05) is 0 Å². The minimum atomic E-state index is -4.15. The maximum Gasteiger partial charge on any atom is 0.246 e. The van der Waals surface area contributed by atoms with E-state index in [2.05, 4.69) is 0 Å². The van der Waals surface area contributed by atoms with Crippen LogP contribution in [-0.2, 0) is 14.8 Å². The van der Waals surface area contributed by atoms with Gasteiger partial charge < -0.3 is 10.5 Å². The van der Waals surface area contributed by atoms with Crippen molar-refractivity contribution in [3.63, 3.8) is 0 Å². The van der Waals surface area contributed by atoms with Gasteiger partial charge in [-0.3, -0.25) is 0 Å². The first kappa shape index (κ1) is 16.3. The second kappa shape index (κ2) is 5.60. The van der Waals surface area contributed by atoms with Crippen molar-refractivity contribution in [2.24, 2.45) is 5.73 Å². The van der Waals surface area contributed by atoms with Crippen molar-refractivity contribution in [2.45, 2.75) is 30.4 Å². The van der Waals surface area contributed by atoms with E-state index in [1.54, 1.807) is 13.8 Å². The molecule has 0 amide bonds. The summed E-state index contributed by atoms with van der Waals surface area (Å²) in [5, 5.41) is 0. The standard InChI is InChI=1S/C13H18F2N2O3S/c1-13(2)8-17(7-10(6-16)20-13)21(18,19)12-5-9(14)3-4-11(12)15/h3-5,10H,6-8,16H2,1-2H3. The SMILES string of the molecule is CC1(C)CN(S(=O)(=O)c2cc(F)ccc2F)CC(CN)O1. The van der Waals surface area contributed by atoms with Gasteiger partial charge in [-0.2, -0.15) is 4.31 Å². The molecule has 1 unspecified atom stereocenters. The monoisotopic (exact) mass is 320 g/mol. The summed E-state index contributed by atoms with van der Waals surface area (Å²) in [6.07, 6.45) is -0.486. The van der Waals surface area contributed by atoms with Crippen LogP contribution in [0.3, 0.4) is 0 Å². The number of morpholine rings is 1. The summed E-state index contributed by atoms with van der Waals surface area (Å²) >= 11 is 0. The average Bonchev–Trinajstić information content (AvgIpc) is 2.39. The summed E-state index contributed by atoms with van der Waals surface area (Å²) in [6.45, 7) is 3.64. The average molecular weight is 320 g/mol. The van der Waals surface area contributed by atoms with Crippen molar-refractivity contribution in [1.29, 1.82) is 0 Å². The van der Waals surface area contributed by atoms with Crippen molar-refractivity contribution in [3.8, 4) is 0 Å². The van der Waals surface area contributed by atoms with Gasteiger partial charge in [0.1, 0.15) is 16.5 Å². The van der Waals surface area contributed by atoms with E-state index in [4.69, 9.17) is 10.5 Å². The molecule has 1 aromatic rings. The number of nitrogens with two attached hydrogens (primary N) is 1. The number of ether oxygens (including phenoxy) is 1. The smallest absolute Gasteiger partial charge is 0.246 e. The summed E-state index contributed by atoms with van der Waals surface area (Å²) in [7, 11) is -4.15. The van der Waals surface area contributed by atoms with Crippen molar-refractivity contribution in [1.82, 2.24) is 4.31 Å². The van der Waals surface area contributed by atoms with E-state index in [-0.39, 0.29) is 19.6 Å². The highest BCUT2D eigenvalue weighted by atomic mass is 32.2. The second-order valence-corrected chi connectivity index (χ2v) is 7.51. The third-order valence-electron chi connectivity index (χ3n) is 3.22. The molecule has 0 saturated carbocycles. The molecule has 5 nitrogen and oxygen atoms in total. The molecule has 0 spiro atoms. The normalized spacial score (nSPS) is 23.2. The van der Waals surface area contributed by atoms with Crippen molar-refractivity contribution in [2.75, 3.05) is 19.6 Å². The highest BCUT2D eigenvalue weighted by molar-refractivity contribution is 7.89. The van der Waals surface area contributed by atoms with Gasteiger partial charge in [0.15, 0.2) is 0 Å². The summed E-state index contributed by atoms with van der Waals surface area (Å²) in [6, 6.07) is 2.36. The molecule has 0 bridgehead atoms. The molecule has 1 aliphatic rings. The van der Waals surface area contributed by atoms with E-state index < -0.39 is 38.3 Å². The van der Waals surface area contributed by atoms with Gasteiger partial charge in [0.2, 0.25) is 10.0 Å². The fourth-order valence-corrected chi connectivity index (χ4v) is 4.06. The maximum absolute atomic E-state index is 13.8. The molecule has 1 fully saturated rings. The lowest BCUT2D eigenvalue weighted by atomic mass is 10.1. The fourth-order valence-electron chi connectivity index (χ4n) is 2.36. The van der Waals surface area contributed by atoms with Gasteiger partial charge in [0, 0.05) is 19.6 Å². The zero-order valence-electron chi connectivity index (χ0n) is 11.8. The lowest BCUT2D eigenvalue weighted by molar-refractivity contribution is -0.112. The van der Waals surface area contributed by atoms with Crippen LogP contribution in [0.5, 0.6) is 0 Å². The van der Waals surface area contributed by atoms with Crippen LogP contribution < -0.4 is 5.73 Å². The molecule has 118 valence electrons. The molecule has 1 atom stereocenters. The fraction of sp³-hybridized carbons (Fsp3) is 0.538. The molecule has 8 heteroatoms. The number of sulfonamides is 1. The van der Waals surface area contributed by atoms with Crippen LogP contribution in [0.2, 0.25) is 0 Å². The maximum atomic E-state index is 13.8. The third-order valence-corrected chi connectivity index (χ3v) is 5.05. The molecule has 0 aliphatic carbocycles. The van der Waals surface area contributed by atoms with E-state index in [9.17, 15) is 17.2 Å². The van der Waals surface area contributed by atoms with Gasteiger partial charge in [-0.25, -0.2) is 17.2 Å². The molecular formula is C13H18F2N2O3S. The van der Waals surface area contributed by atoms with E-state index in [1.165, 1.54) is 0 Å². The highest BCUT2D eigenvalue weighted by Crippen LogP contribution is 2.27. The van der Waals surface area contributed by atoms with E-state index >= 15 is 0 Å². The van der Waals surface area contributed by atoms with E-state index in [0.29, 0.717) is 6.07 Å². The first-order chi connectivity index (χ1) is 9.65.